The van der Waals surface area contributed by atoms with Gasteiger partial charge in [0.25, 0.3) is 0 Å². The van der Waals surface area contributed by atoms with Crippen LogP contribution in [0, 0.1) is 0 Å². The second-order valence-corrected chi connectivity index (χ2v) is 9.15. The smallest absolute Gasteiger partial charge is 0.0800 e. The number of hydrogen-bond donors (Lipinski definition) is 2. The van der Waals surface area contributed by atoms with Crippen LogP contribution in [0.25, 0.3) is 32.9 Å². The van der Waals surface area contributed by atoms with Gasteiger partial charge in [-0.25, -0.2) is 0 Å². The highest BCUT2D eigenvalue weighted by atomic mass is 15.2. The highest BCUT2D eigenvalue weighted by Crippen LogP contribution is 2.34. The molecule has 3 aromatic carbocycles. The molecule has 0 bridgehead atoms. The number of hydrogen-bond acceptors (Lipinski definition) is 6. The van der Waals surface area contributed by atoms with Gasteiger partial charge < -0.3 is 20.9 Å². The van der Waals surface area contributed by atoms with Crippen molar-refractivity contribution < 1.29 is 0 Å². The molecule has 0 unspecified atom stereocenters. The van der Waals surface area contributed by atoms with Crippen molar-refractivity contribution in [3.63, 3.8) is 0 Å². The van der Waals surface area contributed by atoms with Crippen LogP contribution in [0.3, 0.4) is 0 Å². The zero-order valence-electron chi connectivity index (χ0n) is 19.8. The largest absolute Gasteiger partial charge is 0.398 e. The molecule has 0 atom stereocenters. The van der Waals surface area contributed by atoms with Gasteiger partial charge in [0, 0.05) is 77.7 Å². The van der Waals surface area contributed by atoms with Crippen molar-refractivity contribution in [2.75, 3.05) is 49.2 Å². The molecule has 2 aromatic heterocycles. The predicted octanol–water partition coefficient (Wildman–Crippen LogP) is 5.53. The van der Waals surface area contributed by atoms with Crippen LogP contribution in [-0.4, -0.2) is 48.1 Å². The molecule has 1 fully saturated rings. The van der Waals surface area contributed by atoms with Gasteiger partial charge in [0.2, 0.25) is 0 Å². The molecule has 3 heterocycles. The Bertz CT molecular complexity index is 1500. The molecule has 3 N–H and O–H groups in total. The topological polar surface area (TPSA) is 70.3 Å². The Morgan fingerprint density at radius 2 is 1.60 bits per heavy atom. The first-order chi connectivity index (χ1) is 17.2. The number of para-hydroxylation sites is 1. The van der Waals surface area contributed by atoms with E-state index >= 15 is 0 Å². The summed E-state index contributed by atoms with van der Waals surface area (Å²) in [6, 6.07) is 25.1. The normalized spacial score (nSPS) is 14.5. The van der Waals surface area contributed by atoms with E-state index in [2.05, 4.69) is 80.7 Å². The molecular weight excluding hydrogens is 432 g/mol. The minimum Gasteiger partial charge on any atom is -0.398 e. The van der Waals surface area contributed by atoms with E-state index in [4.69, 9.17) is 5.73 Å². The fourth-order valence-electron chi connectivity index (χ4n) is 4.83. The number of piperazine rings is 1. The second-order valence-electron chi connectivity index (χ2n) is 9.15. The lowest BCUT2D eigenvalue weighted by Gasteiger charge is -2.34. The van der Waals surface area contributed by atoms with Gasteiger partial charge in [-0.05, 0) is 61.1 Å². The molecule has 0 aliphatic carbocycles. The Morgan fingerprint density at radius 1 is 0.800 bits per heavy atom. The third-order valence-electron chi connectivity index (χ3n) is 6.87. The Hall–Kier alpha value is -4.16. The summed E-state index contributed by atoms with van der Waals surface area (Å²) in [7, 11) is 2.18. The molecule has 6 nitrogen and oxygen atoms in total. The number of likely N-dealkylation sites (N-methyl/N-ethyl adjacent to an activating group) is 1. The van der Waals surface area contributed by atoms with Crippen LogP contribution < -0.4 is 16.0 Å². The average Bonchev–Trinajstić information content (AvgIpc) is 2.90. The minimum atomic E-state index is 0.738. The number of anilines is 4. The van der Waals surface area contributed by atoms with E-state index in [1.165, 1.54) is 5.69 Å². The maximum atomic E-state index is 6.20. The van der Waals surface area contributed by atoms with E-state index in [1.54, 1.807) is 6.20 Å². The van der Waals surface area contributed by atoms with E-state index in [0.717, 1.165) is 76.2 Å². The lowest BCUT2D eigenvalue weighted by atomic mass is 9.99. The lowest BCUT2D eigenvalue weighted by molar-refractivity contribution is 0.313. The summed E-state index contributed by atoms with van der Waals surface area (Å²) in [6.07, 6.45) is 3.62. The predicted molar refractivity (Wildman–Crippen MR) is 146 cm³/mol. The molecular formula is C29H28N6. The van der Waals surface area contributed by atoms with Crippen LogP contribution in [0.15, 0.2) is 85.2 Å². The van der Waals surface area contributed by atoms with E-state index in [0.29, 0.717) is 0 Å². The minimum absolute atomic E-state index is 0.738. The van der Waals surface area contributed by atoms with Crippen molar-refractivity contribution in [3.8, 4) is 11.1 Å². The first-order valence-electron chi connectivity index (χ1n) is 12.0. The Labute approximate surface area is 205 Å². The lowest BCUT2D eigenvalue weighted by Crippen LogP contribution is -2.44. The van der Waals surface area contributed by atoms with E-state index < -0.39 is 0 Å². The summed E-state index contributed by atoms with van der Waals surface area (Å²) in [5, 5.41) is 5.64. The summed E-state index contributed by atoms with van der Waals surface area (Å²) < 4.78 is 0. The number of nitrogens with one attached hydrogen (secondary N) is 1. The van der Waals surface area contributed by atoms with Crippen molar-refractivity contribution in [2.45, 2.75) is 0 Å². The molecule has 0 amide bonds. The van der Waals surface area contributed by atoms with Crippen LogP contribution in [0.4, 0.5) is 22.7 Å². The van der Waals surface area contributed by atoms with Gasteiger partial charge in [-0.3, -0.25) is 9.97 Å². The number of nitrogens with zero attached hydrogens (tertiary/aromatic N) is 4. The molecule has 1 saturated heterocycles. The van der Waals surface area contributed by atoms with Gasteiger partial charge >= 0.3 is 0 Å². The molecule has 1 aliphatic heterocycles. The molecule has 6 rings (SSSR count). The maximum absolute atomic E-state index is 6.20. The fourth-order valence-corrected chi connectivity index (χ4v) is 4.83. The van der Waals surface area contributed by atoms with Crippen LogP contribution in [0.2, 0.25) is 0 Å². The fraction of sp³-hybridized carbons (Fsp3) is 0.172. The second kappa shape index (κ2) is 8.89. The standard InChI is InChI=1S/C29H28N6/c1-34-15-17-35(18-16-34)22-8-6-21(7-9-22)33-28-12-14-31-27-10-5-20(19-25(27)28)23-3-2-4-24-26(30)11-13-32-29(23)24/h2-14,19H,15-18H2,1H3,(H2,30,32)(H,31,33). The number of fused-ring (bicyclic) bond motifs is 2. The molecule has 35 heavy (non-hydrogen) atoms. The summed E-state index contributed by atoms with van der Waals surface area (Å²) >= 11 is 0. The number of nitrogen functional groups attached to an aromatic ring is 1. The third kappa shape index (κ3) is 4.13. The number of aromatic nitrogens is 2. The maximum Gasteiger partial charge on any atom is 0.0800 e. The highest BCUT2D eigenvalue weighted by Gasteiger charge is 2.14. The summed E-state index contributed by atoms with van der Waals surface area (Å²) in [6.45, 7) is 4.33. The van der Waals surface area contributed by atoms with Crippen LogP contribution in [0.1, 0.15) is 0 Å². The van der Waals surface area contributed by atoms with E-state index in [9.17, 15) is 0 Å². The first kappa shape index (κ1) is 21.4. The summed E-state index contributed by atoms with van der Waals surface area (Å²) in [5.74, 6) is 0. The Balaban J connectivity index is 1.33. The van der Waals surface area contributed by atoms with Crippen molar-refractivity contribution in [3.05, 3.63) is 85.2 Å². The van der Waals surface area contributed by atoms with Gasteiger partial charge in [0.1, 0.15) is 0 Å². The zero-order chi connectivity index (χ0) is 23.8. The Kier molecular flexibility index (Phi) is 5.43. The van der Waals surface area contributed by atoms with E-state index in [1.807, 2.05) is 30.5 Å². The quantitative estimate of drug-likeness (QED) is 0.368. The highest BCUT2D eigenvalue weighted by molar-refractivity contribution is 6.02. The monoisotopic (exact) mass is 460 g/mol. The molecule has 5 aromatic rings. The Morgan fingerprint density at radius 3 is 2.43 bits per heavy atom. The van der Waals surface area contributed by atoms with Crippen molar-refractivity contribution >= 4 is 44.6 Å². The van der Waals surface area contributed by atoms with Gasteiger partial charge in [-0.15, -0.1) is 0 Å². The van der Waals surface area contributed by atoms with Crippen LogP contribution in [0.5, 0.6) is 0 Å². The summed E-state index contributed by atoms with van der Waals surface area (Å²) in [4.78, 5) is 14.0. The first-order valence-corrected chi connectivity index (χ1v) is 12.0. The molecule has 174 valence electrons. The number of nitrogens with two attached hydrogens (primary N) is 1. The SMILES string of the molecule is CN1CCN(c2ccc(Nc3ccnc4ccc(-c5cccc6c(N)ccnc56)cc34)cc2)CC1. The third-order valence-corrected chi connectivity index (χ3v) is 6.87. The van der Waals surface area contributed by atoms with Crippen molar-refractivity contribution in [1.82, 2.24) is 14.9 Å². The average molecular weight is 461 g/mol. The number of rotatable bonds is 4. The molecule has 0 spiro atoms. The zero-order valence-corrected chi connectivity index (χ0v) is 19.8. The molecule has 1 aliphatic rings. The van der Waals surface area contributed by atoms with Gasteiger partial charge in [-0.1, -0.05) is 24.3 Å². The number of pyridine rings is 2. The van der Waals surface area contributed by atoms with Gasteiger partial charge in [0.05, 0.1) is 11.0 Å². The van der Waals surface area contributed by atoms with Crippen molar-refractivity contribution in [2.24, 2.45) is 0 Å². The molecule has 6 heteroatoms. The molecule has 0 radical (unpaired) electrons. The summed E-state index contributed by atoms with van der Waals surface area (Å²) in [5.41, 5.74) is 14.3. The van der Waals surface area contributed by atoms with Crippen LogP contribution >= 0.6 is 0 Å². The van der Waals surface area contributed by atoms with Crippen molar-refractivity contribution in [1.29, 1.82) is 0 Å². The van der Waals surface area contributed by atoms with E-state index in [-0.39, 0.29) is 0 Å². The molecule has 0 saturated carbocycles. The van der Waals surface area contributed by atoms with Gasteiger partial charge in [0.15, 0.2) is 0 Å². The van der Waals surface area contributed by atoms with Crippen LogP contribution in [-0.2, 0) is 0 Å². The van der Waals surface area contributed by atoms with Gasteiger partial charge in [-0.2, -0.15) is 0 Å². The number of benzene rings is 3.